The Hall–Kier alpha value is -0.850. The topological polar surface area (TPSA) is 50.7 Å². The van der Waals surface area contributed by atoms with Crippen LogP contribution >= 0.6 is 22.7 Å². The molecular formula is C10H14N4S2. The normalized spacial score (nSPS) is 12.9. The predicted molar refractivity (Wildman–Crippen MR) is 66.8 cm³/mol. The molecule has 1 unspecified atom stereocenters. The number of aromatic nitrogens is 3. The minimum atomic E-state index is 0.315. The molecule has 6 heteroatoms. The molecule has 2 aromatic heterocycles. The lowest BCUT2D eigenvalue weighted by Gasteiger charge is -2.09. The van der Waals surface area contributed by atoms with Crippen LogP contribution in [0, 0.1) is 13.8 Å². The van der Waals surface area contributed by atoms with Crippen LogP contribution < -0.4 is 5.32 Å². The van der Waals surface area contributed by atoms with Crippen molar-refractivity contribution < 1.29 is 0 Å². The molecule has 0 aromatic carbocycles. The van der Waals surface area contributed by atoms with Gasteiger partial charge in [0.2, 0.25) is 0 Å². The summed E-state index contributed by atoms with van der Waals surface area (Å²) < 4.78 is 0. The maximum absolute atomic E-state index is 4.25. The Bertz CT molecular complexity index is 463. The van der Waals surface area contributed by atoms with Crippen molar-refractivity contribution in [3.63, 3.8) is 0 Å². The van der Waals surface area contributed by atoms with E-state index in [1.165, 1.54) is 4.88 Å². The van der Waals surface area contributed by atoms with E-state index >= 15 is 0 Å². The van der Waals surface area contributed by atoms with Crippen LogP contribution in [0.25, 0.3) is 0 Å². The zero-order valence-electron chi connectivity index (χ0n) is 9.52. The van der Waals surface area contributed by atoms with Crippen molar-refractivity contribution in [2.45, 2.75) is 33.4 Å². The lowest BCUT2D eigenvalue weighted by Crippen LogP contribution is -2.17. The molecule has 0 radical (unpaired) electrons. The van der Waals surface area contributed by atoms with Gasteiger partial charge in [-0.2, -0.15) is 0 Å². The van der Waals surface area contributed by atoms with E-state index in [2.05, 4.69) is 27.4 Å². The minimum absolute atomic E-state index is 0.315. The summed E-state index contributed by atoms with van der Waals surface area (Å²) in [4.78, 5) is 5.51. The van der Waals surface area contributed by atoms with Gasteiger partial charge in [-0.1, -0.05) is 0 Å². The summed E-state index contributed by atoms with van der Waals surface area (Å²) in [7, 11) is 0. The second-order valence-electron chi connectivity index (χ2n) is 3.60. The van der Waals surface area contributed by atoms with E-state index in [-0.39, 0.29) is 0 Å². The Morgan fingerprint density at radius 1 is 1.25 bits per heavy atom. The van der Waals surface area contributed by atoms with Crippen LogP contribution in [0.1, 0.15) is 32.9 Å². The van der Waals surface area contributed by atoms with Crippen LogP contribution in [0.3, 0.4) is 0 Å². The number of hydrogen-bond donors (Lipinski definition) is 1. The average Bonchev–Trinajstić information content (AvgIpc) is 2.84. The molecule has 1 atom stereocenters. The first kappa shape index (κ1) is 11.6. The smallest absolute Gasteiger partial charge is 0.131 e. The van der Waals surface area contributed by atoms with Gasteiger partial charge in [-0.15, -0.1) is 32.9 Å². The minimum Gasteiger partial charge on any atom is -0.303 e. The third-order valence-corrected chi connectivity index (χ3v) is 4.13. The van der Waals surface area contributed by atoms with Crippen LogP contribution in [0.2, 0.25) is 0 Å². The van der Waals surface area contributed by atoms with Crippen molar-refractivity contribution in [3.05, 3.63) is 26.1 Å². The van der Waals surface area contributed by atoms with E-state index in [9.17, 15) is 0 Å². The third kappa shape index (κ3) is 2.84. The summed E-state index contributed by atoms with van der Waals surface area (Å²) in [6, 6.07) is 0.315. The molecule has 0 saturated carbocycles. The summed E-state index contributed by atoms with van der Waals surface area (Å²) in [5.41, 5.74) is 0. The monoisotopic (exact) mass is 254 g/mol. The van der Waals surface area contributed by atoms with Crippen LogP contribution in [-0.4, -0.2) is 15.2 Å². The number of hydrogen-bond acceptors (Lipinski definition) is 6. The van der Waals surface area contributed by atoms with Gasteiger partial charge in [0.15, 0.2) is 0 Å². The molecule has 0 fully saturated rings. The van der Waals surface area contributed by atoms with Crippen molar-refractivity contribution in [3.8, 4) is 0 Å². The number of aryl methyl sites for hydroxylation is 2. The first-order valence-corrected chi connectivity index (χ1v) is 6.73. The summed E-state index contributed by atoms with van der Waals surface area (Å²) in [5, 5.41) is 14.6. The first-order valence-electron chi connectivity index (χ1n) is 5.10. The molecule has 1 N–H and O–H groups in total. The molecule has 0 aliphatic rings. The molecule has 86 valence electrons. The molecule has 2 aromatic rings. The predicted octanol–water partition coefficient (Wildman–Crippen LogP) is 2.46. The number of nitrogens with one attached hydrogen (secondary N) is 1. The lowest BCUT2D eigenvalue weighted by molar-refractivity contribution is 0.578. The highest BCUT2D eigenvalue weighted by molar-refractivity contribution is 7.11. The summed E-state index contributed by atoms with van der Waals surface area (Å²) >= 11 is 3.36. The van der Waals surface area contributed by atoms with Crippen molar-refractivity contribution in [1.82, 2.24) is 20.5 Å². The Labute approximate surface area is 103 Å². The van der Waals surface area contributed by atoms with Crippen molar-refractivity contribution in [2.75, 3.05) is 0 Å². The van der Waals surface area contributed by atoms with Crippen LogP contribution in [-0.2, 0) is 6.54 Å². The molecular weight excluding hydrogens is 240 g/mol. The second-order valence-corrected chi connectivity index (χ2v) is 6.13. The summed E-state index contributed by atoms with van der Waals surface area (Å²) in [5.74, 6) is 0. The molecule has 0 aliphatic heterocycles. The third-order valence-electron chi connectivity index (χ3n) is 2.19. The Morgan fingerprint density at radius 3 is 2.62 bits per heavy atom. The summed E-state index contributed by atoms with van der Waals surface area (Å²) in [6.07, 6.45) is 1.93. The Kier molecular flexibility index (Phi) is 3.63. The maximum Gasteiger partial charge on any atom is 0.131 e. The molecule has 4 nitrogen and oxygen atoms in total. The van der Waals surface area contributed by atoms with Crippen molar-refractivity contribution in [2.24, 2.45) is 0 Å². The van der Waals surface area contributed by atoms with Crippen molar-refractivity contribution >= 4 is 22.7 Å². The van der Waals surface area contributed by atoms with E-state index in [1.54, 1.807) is 22.7 Å². The molecule has 0 bridgehead atoms. The first-order chi connectivity index (χ1) is 7.65. The number of rotatable bonds is 4. The molecule has 0 aliphatic carbocycles. The van der Waals surface area contributed by atoms with Crippen molar-refractivity contribution in [1.29, 1.82) is 0 Å². The average molecular weight is 254 g/mol. The largest absolute Gasteiger partial charge is 0.303 e. The zero-order valence-corrected chi connectivity index (χ0v) is 11.2. The van der Waals surface area contributed by atoms with Crippen LogP contribution in [0.15, 0.2) is 6.20 Å². The maximum atomic E-state index is 4.25. The fraction of sp³-hybridized carbons (Fsp3) is 0.500. The van der Waals surface area contributed by atoms with Gasteiger partial charge in [-0.25, -0.2) is 4.98 Å². The van der Waals surface area contributed by atoms with E-state index < -0.39 is 0 Å². The molecule has 2 heterocycles. The van der Waals surface area contributed by atoms with Crippen LogP contribution in [0.4, 0.5) is 0 Å². The van der Waals surface area contributed by atoms with Gasteiger partial charge in [-0.05, 0) is 20.8 Å². The molecule has 16 heavy (non-hydrogen) atoms. The van der Waals surface area contributed by atoms with Crippen LogP contribution in [0.5, 0.6) is 0 Å². The second kappa shape index (κ2) is 4.99. The van der Waals surface area contributed by atoms with E-state index in [1.807, 2.05) is 20.0 Å². The van der Waals surface area contributed by atoms with Gasteiger partial charge in [0.05, 0.1) is 11.6 Å². The Balaban J connectivity index is 1.91. The highest BCUT2D eigenvalue weighted by atomic mass is 32.1. The Morgan fingerprint density at radius 2 is 2.06 bits per heavy atom. The lowest BCUT2D eigenvalue weighted by atomic mass is 10.3. The number of thiazole rings is 1. The zero-order chi connectivity index (χ0) is 11.5. The van der Waals surface area contributed by atoms with Gasteiger partial charge in [0.25, 0.3) is 0 Å². The quantitative estimate of drug-likeness (QED) is 0.910. The SMILES string of the molecule is Cc1ncc(C(C)NCc2nnc(C)s2)s1. The van der Waals surface area contributed by atoms with Gasteiger partial charge in [0.1, 0.15) is 10.0 Å². The van der Waals surface area contributed by atoms with Gasteiger partial charge in [-0.3, -0.25) is 0 Å². The molecule has 2 rings (SSSR count). The standard InChI is InChI=1S/C10H14N4S2/c1-6(9-4-12-7(2)15-9)11-5-10-14-13-8(3)16-10/h4,6,11H,5H2,1-3H3. The molecule has 0 amide bonds. The molecule has 0 saturated heterocycles. The van der Waals surface area contributed by atoms with Gasteiger partial charge >= 0.3 is 0 Å². The fourth-order valence-electron chi connectivity index (χ4n) is 1.33. The highest BCUT2D eigenvalue weighted by Crippen LogP contribution is 2.20. The van der Waals surface area contributed by atoms with Gasteiger partial charge < -0.3 is 5.32 Å². The summed E-state index contributed by atoms with van der Waals surface area (Å²) in [6.45, 7) is 6.90. The fourth-order valence-corrected chi connectivity index (χ4v) is 2.80. The van der Waals surface area contributed by atoms with Gasteiger partial charge in [0, 0.05) is 17.1 Å². The van der Waals surface area contributed by atoms with E-state index in [0.717, 1.165) is 21.6 Å². The highest BCUT2D eigenvalue weighted by Gasteiger charge is 2.09. The van der Waals surface area contributed by atoms with E-state index in [0.29, 0.717) is 6.04 Å². The number of nitrogens with zero attached hydrogens (tertiary/aromatic N) is 3. The van der Waals surface area contributed by atoms with E-state index in [4.69, 9.17) is 0 Å². The molecule has 0 spiro atoms.